The van der Waals surface area contributed by atoms with E-state index in [0.29, 0.717) is 16.7 Å². The number of carbonyl (C=O) groups is 2. The fourth-order valence-corrected chi connectivity index (χ4v) is 4.15. The summed E-state index contributed by atoms with van der Waals surface area (Å²) in [5.41, 5.74) is 4.38. The predicted molar refractivity (Wildman–Crippen MR) is 147 cm³/mol. The van der Waals surface area contributed by atoms with Crippen LogP contribution in [0.15, 0.2) is 108 Å². The summed E-state index contributed by atoms with van der Waals surface area (Å²) in [6.07, 6.45) is 3.30. The summed E-state index contributed by atoms with van der Waals surface area (Å²) >= 11 is 6.06. The Morgan fingerprint density at radius 1 is 0.947 bits per heavy atom. The van der Waals surface area contributed by atoms with Crippen molar-refractivity contribution in [3.63, 3.8) is 0 Å². The normalized spacial score (nSPS) is 10.8. The molecule has 0 spiro atoms. The molecule has 38 heavy (non-hydrogen) atoms. The lowest BCUT2D eigenvalue weighted by molar-refractivity contribution is -0.117. The maximum atomic E-state index is 13.3. The van der Waals surface area contributed by atoms with E-state index in [9.17, 15) is 9.59 Å². The summed E-state index contributed by atoms with van der Waals surface area (Å²) in [5, 5.41) is 3.53. The number of halogens is 1. The summed E-state index contributed by atoms with van der Waals surface area (Å²) in [5.74, 6) is -0.256. The summed E-state index contributed by atoms with van der Waals surface area (Å²) in [6.45, 7) is 2.07. The molecule has 0 saturated heterocycles. The van der Waals surface area contributed by atoms with Gasteiger partial charge in [0.25, 0.3) is 5.91 Å². The molecule has 0 aliphatic rings. The molecule has 2 aromatic heterocycles. The summed E-state index contributed by atoms with van der Waals surface area (Å²) in [7, 11) is 0. The molecule has 8 heteroatoms. The molecule has 2 amide bonds. The first-order chi connectivity index (χ1) is 18.5. The molecule has 3 aromatic carbocycles. The van der Waals surface area contributed by atoms with Crippen LogP contribution in [-0.2, 0) is 11.3 Å². The average Bonchev–Trinajstić information content (AvgIpc) is 3.60. The van der Waals surface area contributed by atoms with Gasteiger partial charge in [0.15, 0.2) is 5.76 Å². The van der Waals surface area contributed by atoms with E-state index in [1.807, 2.05) is 84.4 Å². The van der Waals surface area contributed by atoms with Crippen molar-refractivity contribution in [3.8, 4) is 16.9 Å². The Balaban J connectivity index is 1.43. The highest BCUT2D eigenvalue weighted by molar-refractivity contribution is 6.30. The van der Waals surface area contributed by atoms with E-state index in [1.54, 1.807) is 24.3 Å². The zero-order chi connectivity index (χ0) is 26.5. The lowest BCUT2D eigenvalue weighted by Crippen LogP contribution is -2.37. The van der Waals surface area contributed by atoms with E-state index in [-0.39, 0.29) is 30.7 Å². The minimum atomic E-state index is -0.387. The standard InChI is InChI=1S/C30H25ClN4O3/c1-21-9-15-25(16-10-21)35-19-26(23-11-13-24(31)14-12-23)32-30(35)33-28(36)20-34(18-22-6-3-2-4-7-22)29(37)27-8-5-17-38-27/h2-17,19H,18,20H2,1H3,(H,32,33,36). The molecule has 0 bridgehead atoms. The van der Waals surface area contributed by atoms with Crippen LogP contribution in [0.5, 0.6) is 0 Å². The highest BCUT2D eigenvalue weighted by Crippen LogP contribution is 2.26. The Morgan fingerprint density at radius 3 is 2.37 bits per heavy atom. The van der Waals surface area contributed by atoms with Gasteiger partial charge in [0, 0.05) is 29.0 Å². The fourth-order valence-electron chi connectivity index (χ4n) is 4.03. The molecule has 0 fully saturated rings. The molecule has 0 saturated carbocycles. The quantitative estimate of drug-likeness (QED) is 0.255. The molecule has 2 heterocycles. The number of hydrogen-bond acceptors (Lipinski definition) is 4. The number of aromatic nitrogens is 2. The van der Waals surface area contributed by atoms with Gasteiger partial charge in [-0.25, -0.2) is 4.98 Å². The lowest BCUT2D eigenvalue weighted by atomic mass is 10.2. The molecule has 7 nitrogen and oxygen atoms in total. The minimum absolute atomic E-state index is 0.167. The third-order valence-corrected chi connectivity index (χ3v) is 6.23. The van der Waals surface area contributed by atoms with Gasteiger partial charge in [-0.3, -0.25) is 19.5 Å². The Morgan fingerprint density at radius 2 is 1.68 bits per heavy atom. The molecule has 0 aliphatic carbocycles. The third kappa shape index (κ3) is 5.85. The highest BCUT2D eigenvalue weighted by Gasteiger charge is 2.23. The first-order valence-corrected chi connectivity index (χ1v) is 12.4. The van der Waals surface area contributed by atoms with Crippen LogP contribution in [0.2, 0.25) is 5.02 Å². The molecule has 0 atom stereocenters. The number of carbonyl (C=O) groups excluding carboxylic acids is 2. The molecule has 5 aromatic rings. The molecule has 1 N–H and O–H groups in total. The van der Waals surface area contributed by atoms with E-state index in [1.165, 1.54) is 11.2 Å². The zero-order valence-corrected chi connectivity index (χ0v) is 21.4. The van der Waals surface area contributed by atoms with Crippen LogP contribution >= 0.6 is 11.6 Å². The topological polar surface area (TPSA) is 80.4 Å². The molecule has 0 radical (unpaired) electrons. The van der Waals surface area contributed by atoms with Crippen molar-refractivity contribution in [2.45, 2.75) is 13.5 Å². The first kappa shape index (κ1) is 25.0. The van der Waals surface area contributed by atoms with Crippen molar-refractivity contribution in [2.24, 2.45) is 0 Å². The van der Waals surface area contributed by atoms with Crippen molar-refractivity contribution in [2.75, 3.05) is 11.9 Å². The van der Waals surface area contributed by atoms with E-state index in [2.05, 4.69) is 5.32 Å². The number of nitrogens with zero attached hydrogens (tertiary/aromatic N) is 3. The Labute approximate surface area is 225 Å². The van der Waals surface area contributed by atoms with Crippen molar-refractivity contribution < 1.29 is 14.0 Å². The van der Waals surface area contributed by atoms with Crippen LogP contribution in [0.1, 0.15) is 21.7 Å². The molecule has 190 valence electrons. The summed E-state index contributed by atoms with van der Waals surface area (Å²) < 4.78 is 7.13. The number of anilines is 1. The van der Waals surface area contributed by atoms with Crippen LogP contribution < -0.4 is 5.32 Å². The van der Waals surface area contributed by atoms with Gasteiger partial charge in [-0.15, -0.1) is 0 Å². The van der Waals surface area contributed by atoms with Gasteiger partial charge in [0.05, 0.1) is 12.0 Å². The molecular formula is C30H25ClN4O3. The maximum Gasteiger partial charge on any atom is 0.290 e. The summed E-state index contributed by atoms with van der Waals surface area (Å²) in [4.78, 5) is 32.6. The van der Waals surface area contributed by atoms with E-state index < -0.39 is 0 Å². The van der Waals surface area contributed by atoms with Crippen molar-refractivity contribution in [1.29, 1.82) is 0 Å². The smallest absolute Gasteiger partial charge is 0.290 e. The van der Waals surface area contributed by atoms with Crippen molar-refractivity contribution in [3.05, 3.63) is 125 Å². The number of amides is 2. The number of benzene rings is 3. The van der Waals surface area contributed by atoms with Gasteiger partial charge >= 0.3 is 0 Å². The van der Waals surface area contributed by atoms with E-state index in [0.717, 1.165) is 22.4 Å². The second kappa shape index (κ2) is 11.2. The molecule has 0 unspecified atom stereocenters. The molecule has 5 rings (SSSR count). The van der Waals surface area contributed by atoms with Gasteiger partial charge in [0.2, 0.25) is 11.9 Å². The van der Waals surface area contributed by atoms with Gasteiger partial charge in [-0.2, -0.15) is 0 Å². The van der Waals surface area contributed by atoms with E-state index >= 15 is 0 Å². The molecular weight excluding hydrogens is 500 g/mol. The molecule has 0 aliphatic heterocycles. The second-order valence-electron chi connectivity index (χ2n) is 8.83. The second-order valence-corrected chi connectivity index (χ2v) is 9.27. The van der Waals surface area contributed by atoms with E-state index in [4.69, 9.17) is 21.0 Å². The average molecular weight is 525 g/mol. The van der Waals surface area contributed by atoms with Crippen molar-refractivity contribution in [1.82, 2.24) is 14.5 Å². The third-order valence-electron chi connectivity index (χ3n) is 5.98. The minimum Gasteiger partial charge on any atom is -0.459 e. The maximum absolute atomic E-state index is 13.3. The van der Waals surface area contributed by atoms with Gasteiger partial charge in [-0.05, 0) is 48.9 Å². The summed E-state index contributed by atoms with van der Waals surface area (Å²) in [6, 6.07) is 28.0. The first-order valence-electron chi connectivity index (χ1n) is 12.1. The van der Waals surface area contributed by atoms with Crippen LogP contribution in [-0.4, -0.2) is 32.8 Å². The van der Waals surface area contributed by atoms with Gasteiger partial charge in [-0.1, -0.05) is 71.8 Å². The number of rotatable bonds is 8. The van der Waals surface area contributed by atoms with Crippen LogP contribution in [0, 0.1) is 6.92 Å². The lowest BCUT2D eigenvalue weighted by Gasteiger charge is -2.21. The Kier molecular flexibility index (Phi) is 7.38. The van der Waals surface area contributed by atoms with Crippen LogP contribution in [0.4, 0.5) is 5.95 Å². The number of nitrogens with one attached hydrogen (secondary N) is 1. The number of furan rings is 1. The van der Waals surface area contributed by atoms with Gasteiger partial charge < -0.3 is 9.32 Å². The monoisotopic (exact) mass is 524 g/mol. The number of aryl methyl sites for hydroxylation is 1. The van der Waals surface area contributed by atoms with Crippen LogP contribution in [0.25, 0.3) is 16.9 Å². The Hall–Kier alpha value is -4.62. The van der Waals surface area contributed by atoms with Gasteiger partial charge in [0.1, 0.15) is 6.54 Å². The number of imidazole rings is 1. The largest absolute Gasteiger partial charge is 0.459 e. The van der Waals surface area contributed by atoms with Crippen molar-refractivity contribution >= 4 is 29.4 Å². The highest BCUT2D eigenvalue weighted by atomic mass is 35.5. The zero-order valence-electron chi connectivity index (χ0n) is 20.7. The van der Waals surface area contributed by atoms with Crippen LogP contribution in [0.3, 0.4) is 0 Å². The number of hydrogen-bond donors (Lipinski definition) is 1. The fraction of sp³-hybridized carbons (Fsp3) is 0.100. The predicted octanol–water partition coefficient (Wildman–Crippen LogP) is 6.38. The Bertz CT molecular complexity index is 1530. The SMILES string of the molecule is Cc1ccc(-n2cc(-c3ccc(Cl)cc3)nc2NC(=O)CN(Cc2ccccc2)C(=O)c2ccco2)cc1.